The average Bonchev–Trinajstić information content (AvgIpc) is 2.26. The average molecular weight is 244 g/mol. The van der Waals surface area contributed by atoms with E-state index in [0.29, 0.717) is 26.4 Å². The highest BCUT2D eigenvalue weighted by atomic mass is 16.5. The minimum absolute atomic E-state index is 0.0971. The van der Waals surface area contributed by atoms with E-state index in [9.17, 15) is 9.59 Å². The summed E-state index contributed by atoms with van der Waals surface area (Å²) in [7, 11) is 0. The molecule has 0 aromatic carbocycles. The third kappa shape index (κ3) is 3.89. The topological polar surface area (TPSA) is 67.9 Å². The van der Waals surface area contributed by atoms with Crippen LogP contribution in [0.1, 0.15) is 20.8 Å². The number of morpholine rings is 1. The van der Waals surface area contributed by atoms with Crippen molar-refractivity contribution in [1.82, 2.24) is 10.2 Å². The summed E-state index contributed by atoms with van der Waals surface area (Å²) in [6, 6.07) is -0.258. The standard InChI is InChI=1S/C11H20N2O4/c1-4-17-9(14)7-12-10(15)13-5-6-16-8-11(13,2)3/h4-8H2,1-3H3,(H,12,15). The molecule has 0 unspecified atom stereocenters. The van der Waals surface area contributed by atoms with Crippen LogP contribution in [0, 0.1) is 0 Å². The highest BCUT2D eigenvalue weighted by Gasteiger charge is 2.34. The van der Waals surface area contributed by atoms with E-state index >= 15 is 0 Å². The lowest BCUT2D eigenvalue weighted by Gasteiger charge is -2.41. The van der Waals surface area contributed by atoms with E-state index in [0.717, 1.165) is 0 Å². The molecule has 6 heteroatoms. The number of rotatable bonds is 3. The number of carbonyl (C=O) groups excluding carboxylic acids is 2. The van der Waals surface area contributed by atoms with Crippen molar-refractivity contribution in [2.24, 2.45) is 0 Å². The molecule has 98 valence electrons. The van der Waals surface area contributed by atoms with E-state index in [1.807, 2.05) is 13.8 Å². The number of ether oxygens (including phenoxy) is 2. The summed E-state index contributed by atoms with van der Waals surface area (Å²) < 4.78 is 10.1. The normalized spacial score (nSPS) is 18.6. The molecule has 0 saturated carbocycles. The molecule has 17 heavy (non-hydrogen) atoms. The van der Waals surface area contributed by atoms with Gasteiger partial charge in [0.15, 0.2) is 0 Å². The molecule has 0 bridgehead atoms. The Bertz CT molecular complexity index is 291. The second kappa shape index (κ2) is 5.86. The molecule has 1 heterocycles. The van der Waals surface area contributed by atoms with Crippen molar-refractivity contribution < 1.29 is 19.1 Å². The molecule has 6 nitrogen and oxygen atoms in total. The second-order valence-electron chi connectivity index (χ2n) is 4.48. The Hall–Kier alpha value is -1.30. The van der Waals surface area contributed by atoms with E-state index in [2.05, 4.69) is 5.32 Å². The zero-order chi connectivity index (χ0) is 12.9. The molecule has 1 N–H and O–H groups in total. The Morgan fingerprint density at radius 3 is 2.76 bits per heavy atom. The van der Waals surface area contributed by atoms with E-state index < -0.39 is 5.97 Å². The summed E-state index contributed by atoms with van der Waals surface area (Å²) in [4.78, 5) is 24.7. The predicted molar refractivity (Wildman–Crippen MR) is 61.6 cm³/mol. The molecule has 1 saturated heterocycles. The van der Waals surface area contributed by atoms with Crippen molar-refractivity contribution in [2.75, 3.05) is 32.9 Å². The number of esters is 1. The molecule has 1 aliphatic heterocycles. The Kier molecular flexibility index (Phi) is 4.74. The van der Waals surface area contributed by atoms with Gasteiger partial charge < -0.3 is 19.7 Å². The fourth-order valence-corrected chi connectivity index (χ4v) is 1.69. The van der Waals surface area contributed by atoms with Crippen LogP contribution >= 0.6 is 0 Å². The molecule has 0 aromatic rings. The molecular weight excluding hydrogens is 224 g/mol. The van der Waals surface area contributed by atoms with Gasteiger partial charge in [0.05, 0.1) is 25.4 Å². The first-order valence-corrected chi connectivity index (χ1v) is 5.76. The van der Waals surface area contributed by atoms with Crippen molar-refractivity contribution in [1.29, 1.82) is 0 Å². The Balaban J connectivity index is 2.43. The minimum Gasteiger partial charge on any atom is -0.465 e. The first-order valence-electron chi connectivity index (χ1n) is 5.76. The van der Waals surface area contributed by atoms with Crippen LogP contribution in [-0.2, 0) is 14.3 Å². The van der Waals surface area contributed by atoms with E-state index in [-0.39, 0.29) is 18.1 Å². The number of amides is 2. The van der Waals surface area contributed by atoms with Crippen LogP contribution in [0.15, 0.2) is 0 Å². The largest absolute Gasteiger partial charge is 0.465 e. The van der Waals surface area contributed by atoms with Gasteiger partial charge in [-0.3, -0.25) is 4.79 Å². The predicted octanol–water partition coefficient (Wildman–Crippen LogP) is 0.370. The summed E-state index contributed by atoms with van der Waals surface area (Å²) in [6.07, 6.45) is 0. The van der Waals surface area contributed by atoms with Gasteiger partial charge in [-0.2, -0.15) is 0 Å². The number of carbonyl (C=O) groups is 2. The number of urea groups is 1. The number of nitrogens with zero attached hydrogens (tertiary/aromatic N) is 1. The van der Waals surface area contributed by atoms with Crippen LogP contribution in [0.4, 0.5) is 4.79 Å². The SMILES string of the molecule is CCOC(=O)CNC(=O)N1CCOCC1(C)C. The summed E-state index contributed by atoms with van der Waals surface area (Å²) in [5.41, 5.74) is -0.350. The number of nitrogens with one attached hydrogen (secondary N) is 1. The monoisotopic (exact) mass is 244 g/mol. The zero-order valence-electron chi connectivity index (χ0n) is 10.6. The van der Waals surface area contributed by atoms with Crippen molar-refractivity contribution >= 4 is 12.0 Å². The maximum absolute atomic E-state index is 11.9. The smallest absolute Gasteiger partial charge is 0.325 e. The van der Waals surface area contributed by atoms with Gasteiger partial charge >= 0.3 is 12.0 Å². The van der Waals surface area contributed by atoms with E-state index in [4.69, 9.17) is 9.47 Å². The van der Waals surface area contributed by atoms with Crippen LogP contribution in [0.5, 0.6) is 0 Å². The molecule has 2 amide bonds. The quantitative estimate of drug-likeness (QED) is 0.728. The van der Waals surface area contributed by atoms with Crippen LogP contribution in [-0.4, -0.2) is 55.3 Å². The number of hydrogen-bond acceptors (Lipinski definition) is 4. The summed E-state index contributed by atoms with van der Waals surface area (Å²) in [6.45, 7) is 7.35. The van der Waals surface area contributed by atoms with Gasteiger partial charge in [-0.1, -0.05) is 0 Å². The van der Waals surface area contributed by atoms with E-state index in [1.165, 1.54) is 0 Å². The van der Waals surface area contributed by atoms with Gasteiger partial charge in [0.25, 0.3) is 0 Å². The van der Waals surface area contributed by atoms with Crippen molar-refractivity contribution in [3.8, 4) is 0 Å². The molecule has 0 aromatic heterocycles. The van der Waals surface area contributed by atoms with Crippen LogP contribution < -0.4 is 5.32 Å². The molecule has 0 aliphatic carbocycles. The third-order valence-electron chi connectivity index (χ3n) is 2.58. The van der Waals surface area contributed by atoms with Gasteiger partial charge in [0.1, 0.15) is 6.54 Å². The molecule has 1 rings (SSSR count). The van der Waals surface area contributed by atoms with Crippen LogP contribution in [0.3, 0.4) is 0 Å². The maximum atomic E-state index is 11.9. The fourth-order valence-electron chi connectivity index (χ4n) is 1.69. The van der Waals surface area contributed by atoms with Gasteiger partial charge in [0.2, 0.25) is 0 Å². The molecule has 1 fully saturated rings. The molecular formula is C11H20N2O4. The van der Waals surface area contributed by atoms with Crippen LogP contribution in [0.25, 0.3) is 0 Å². The van der Waals surface area contributed by atoms with Crippen LogP contribution in [0.2, 0.25) is 0 Å². The summed E-state index contributed by atoms with van der Waals surface area (Å²) in [5, 5.41) is 2.55. The van der Waals surface area contributed by atoms with E-state index in [1.54, 1.807) is 11.8 Å². The molecule has 0 atom stereocenters. The lowest BCUT2D eigenvalue weighted by atomic mass is 10.0. The molecule has 0 spiro atoms. The zero-order valence-corrected chi connectivity index (χ0v) is 10.6. The van der Waals surface area contributed by atoms with Gasteiger partial charge in [0, 0.05) is 6.54 Å². The van der Waals surface area contributed by atoms with Crippen molar-refractivity contribution in [3.63, 3.8) is 0 Å². The maximum Gasteiger partial charge on any atom is 0.325 e. The summed E-state index contributed by atoms with van der Waals surface area (Å²) in [5.74, 6) is -0.424. The van der Waals surface area contributed by atoms with Gasteiger partial charge in [-0.05, 0) is 20.8 Å². The lowest BCUT2D eigenvalue weighted by molar-refractivity contribution is -0.141. The first kappa shape index (κ1) is 13.8. The Labute approximate surface area is 101 Å². The first-order chi connectivity index (χ1) is 7.97. The van der Waals surface area contributed by atoms with Gasteiger partial charge in [-0.15, -0.1) is 0 Å². The Morgan fingerprint density at radius 2 is 2.18 bits per heavy atom. The second-order valence-corrected chi connectivity index (χ2v) is 4.48. The minimum atomic E-state index is -0.424. The number of hydrogen-bond donors (Lipinski definition) is 1. The lowest BCUT2D eigenvalue weighted by Crippen LogP contribution is -2.58. The highest BCUT2D eigenvalue weighted by Crippen LogP contribution is 2.18. The Morgan fingerprint density at radius 1 is 1.47 bits per heavy atom. The highest BCUT2D eigenvalue weighted by molar-refractivity contribution is 5.81. The summed E-state index contributed by atoms with van der Waals surface area (Å²) >= 11 is 0. The van der Waals surface area contributed by atoms with Crippen molar-refractivity contribution in [2.45, 2.75) is 26.3 Å². The van der Waals surface area contributed by atoms with Gasteiger partial charge in [-0.25, -0.2) is 4.79 Å². The fraction of sp³-hybridized carbons (Fsp3) is 0.818. The molecule has 1 aliphatic rings. The molecule has 0 radical (unpaired) electrons. The van der Waals surface area contributed by atoms with Crippen molar-refractivity contribution in [3.05, 3.63) is 0 Å². The third-order valence-corrected chi connectivity index (χ3v) is 2.58.